The second-order valence-electron chi connectivity index (χ2n) is 5.75. The SMILES string of the molecule is N#Cc1cc(C(F)(F)F)ccc1N1CCCN(c2cccnn2)CC1. The molecule has 0 atom stereocenters. The summed E-state index contributed by atoms with van der Waals surface area (Å²) in [5, 5.41) is 17.2. The highest BCUT2D eigenvalue weighted by molar-refractivity contribution is 5.61. The van der Waals surface area contributed by atoms with Crippen molar-refractivity contribution in [2.45, 2.75) is 12.6 Å². The number of benzene rings is 1. The first-order valence-corrected chi connectivity index (χ1v) is 7.88. The van der Waals surface area contributed by atoms with E-state index in [0.717, 1.165) is 30.9 Å². The van der Waals surface area contributed by atoms with Gasteiger partial charge in [-0.15, -0.1) is 5.10 Å². The van der Waals surface area contributed by atoms with Crippen LogP contribution in [0.3, 0.4) is 0 Å². The normalized spacial score (nSPS) is 15.6. The number of rotatable bonds is 2. The first-order valence-electron chi connectivity index (χ1n) is 7.88. The Morgan fingerprint density at radius 3 is 2.48 bits per heavy atom. The van der Waals surface area contributed by atoms with Crippen molar-refractivity contribution >= 4 is 11.5 Å². The Balaban J connectivity index is 1.80. The van der Waals surface area contributed by atoms with Gasteiger partial charge in [-0.3, -0.25) is 0 Å². The number of halogens is 3. The maximum absolute atomic E-state index is 12.8. The highest BCUT2D eigenvalue weighted by Gasteiger charge is 2.31. The molecule has 0 aliphatic carbocycles. The van der Waals surface area contributed by atoms with Gasteiger partial charge in [0, 0.05) is 32.4 Å². The van der Waals surface area contributed by atoms with E-state index in [9.17, 15) is 18.4 Å². The van der Waals surface area contributed by atoms with E-state index in [1.807, 2.05) is 23.1 Å². The molecule has 1 aromatic carbocycles. The predicted molar refractivity (Wildman–Crippen MR) is 87.2 cm³/mol. The molecular weight excluding hydrogens is 331 g/mol. The molecule has 0 amide bonds. The van der Waals surface area contributed by atoms with Gasteiger partial charge in [0.05, 0.1) is 16.8 Å². The zero-order valence-electron chi connectivity index (χ0n) is 13.4. The summed E-state index contributed by atoms with van der Waals surface area (Å²) in [5.41, 5.74) is -0.219. The van der Waals surface area contributed by atoms with Crippen molar-refractivity contribution in [1.29, 1.82) is 5.26 Å². The van der Waals surface area contributed by atoms with Crippen LogP contribution in [0, 0.1) is 11.3 Å². The summed E-state index contributed by atoms with van der Waals surface area (Å²) in [6.45, 7) is 2.69. The van der Waals surface area contributed by atoms with Crippen molar-refractivity contribution in [2.75, 3.05) is 36.0 Å². The number of hydrogen-bond acceptors (Lipinski definition) is 5. The van der Waals surface area contributed by atoms with E-state index in [0.29, 0.717) is 25.3 Å². The van der Waals surface area contributed by atoms with E-state index in [1.165, 1.54) is 6.07 Å². The number of nitrogens with zero attached hydrogens (tertiary/aromatic N) is 5. The largest absolute Gasteiger partial charge is 0.416 e. The second kappa shape index (κ2) is 6.97. The lowest BCUT2D eigenvalue weighted by Crippen LogP contribution is -2.31. The number of alkyl halides is 3. The molecule has 3 rings (SSSR count). The summed E-state index contributed by atoms with van der Waals surface area (Å²) in [6, 6.07) is 8.92. The summed E-state index contributed by atoms with van der Waals surface area (Å²) in [4.78, 5) is 4.04. The number of hydrogen-bond donors (Lipinski definition) is 0. The fourth-order valence-electron chi connectivity index (χ4n) is 2.93. The third-order valence-electron chi connectivity index (χ3n) is 4.16. The highest BCUT2D eigenvalue weighted by Crippen LogP contribution is 2.33. The van der Waals surface area contributed by atoms with Crippen LogP contribution < -0.4 is 9.80 Å². The molecule has 130 valence electrons. The average Bonchev–Trinajstić information content (AvgIpc) is 2.87. The molecular formula is C17H16F3N5. The van der Waals surface area contributed by atoms with Crippen LogP contribution in [-0.4, -0.2) is 36.4 Å². The molecule has 0 N–H and O–H groups in total. The minimum atomic E-state index is -4.45. The number of anilines is 2. The van der Waals surface area contributed by atoms with Crippen molar-refractivity contribution in [3.05, 3.63) is 47.7 Å². The molecule has 8 heteroatoms. The van der Waals surface area contributed by atoms with Crippen molar-refractivity contribution in [3.8, 4) is 6.07 Å². The minimum absolute atomic E-state index is 0.0442. The van der Waals surface area contributed by atoms with Crippen molar-refractivity contribution in [2.24, 2.45) is 0 Å². The summed E-state index contributed by atoms with van der Waals surface area (Å²) in [5.74, 6) is 0.775. The molecule has 0 spiro atoms. The van der Waals surface area contributed by atoms with Gasteiger partial charge >= 0.3 is 6.18 Å². The van der Waals surface area contributed by atoms with Crippen LogP contribution in [0.4, 0.5) is 24.7 Å². The molecule has 0 radical (unpaired) electrons. The molecule has 1 fully saturated rings. The summed E-state index contributed by atoms with van der Waals surface area (Å²) >= 11 is 0. The molecule has 0 bridgehead atoms. The first-order chi connectivity index (χ1) is 12.0. The van der Waals surface area contributed by atoms with Gasteiger partial charge in [0.1, 0.15) is 6.07 Å². The van der Waals surface area contributed by atoms with Gasteiger partial charge in [-0.05, 0) is 36.8 Å². The first kappa shape index (κ1) is 17.0. The molecule has 2 aromatic rings. The predicted octanol–water partition coefficient (Wildman–Crippen LogP) is 3.08. The van der Waals surface area contributed by atoms with Gasteiger partial charge in [-0.25, -0.2) is 0 Å². The molecule has 1 aromatic heterocycles. The van der Waals surface area contributed by atoms with Gasteiger partial charge in [0.25, 0.3) is 0 Å². The highest BCUT2D eigenvalue weighted by atomic mass is 19.4. The molecule has 25 heavy (non-hydrogen) atoms. The fraction of sp³-hybridized carbons (Fsp3) is 0.353. The average molecular weight is 347 g/mol. The summed E-state index contributed by atoms with van der Waals surface area (Å²) < 4.78 is 38.5. The van der Waals surface area contributed by atoms with Crippen LogP contribution >= 0.6 is 0 Å². The fourth-order valence-corrected chi connectivity index (χ4v) is 2.93. The van der Waals surface area contributed by atoms with Crippen molar-refractivity contribution in [1.82, 2.24) is 10.2 Å². The lowest BCUT2D eigenvalue weighted by Gasteiger charge is -2.25. The van der Waals surface area contributed by atoms with Crippen molar-refractivity contribution < 1.29 is 13.2 Å². The molecule has 0 saturated carbocycles. The Labute approximate surface area is 143 Å². The molecule has 0 unspecified atom stereocenters. The molecule has 5 nitrogen and oxygen atoms in total. The van der Waals surface area contributed by atoms with Crippen LogP contribution in [0.15, 0.2) is 36.5 Å². The maximum Gasteiger partial charge on any atom is 0.416 e. The van der Waals surface area contributed by atoms with Gasteiger partial charge < -0.3 is 9.80 Å². The quantitative estimate of drug-likeness (QED) is 0.836. The molecule has 1 aliphatic rings. The number of aromatic nitrogens is 2. The lowest BCUT2D eigenvalue weighted by atomic mass is 10.1. The van der Waals surface area contributed by atoms with Crippen LogP contribution in [-0.2, 0) is 6.18 Å². The topological polar surface area (TPSA) is 56.1 Å². The van der Waals surface area contributed by atoms with E-state index in [-0.39, 0.29) is 5.56 Å². The summed E-state index contributed by atoms with van der Waals surface area (Å²) in [7, 11) is 0. The van der Waals surface area contributed by atoms with Gasteiger partial charge in [-0.1, -0.05) is 0 Å². The lowest BCUT2D eigenvalue weighted by molar-refractivity contribution is -0.137. The van der Waals surface area contributed by atoms with Crippen LogP contribution in [0.25, 0.3) is 0 Å². The van der Waals surface area contributed by atoms with Crippen LogP contribution in [0.5, 0.6) is 0 Å². The smallest absolute Gasteiger partial charge is 0.369 e. The van der Waals surface area contributed by atoms with Crippen LogP contribution in [0.2, 0.25) is 0 Å². The maximum atomic E-state index is 12.8. The third kappa shape index (κ3) is 3.82. The Morgan fingerprint density at radius 1 is 1.04 bits per heavy atom. The Kier molecular flexibility index (Phi) is 4.74. The van der Waals surface area contributed by atoms with E-state index >= 15 is 0 Å². The monoisotopic (exact) mass is 347 g/mol. The van der Waals surface area contributed by atoms with E-state index < -0.39 is 11.7 Å². The molecule has 2 heterocycles. The zero-order valence-corrected chi connectivity index (χ0v) is 13.4. The Bertz CT molecular complexity index is 770. The summed E-state index contributed by atoms with van der Waals surface area (Å²) in [6.07, 6.45) is -2.04. The number of nitriles is 1. The van der Waals surface area contributed by atoms with E-state index in [1.54, 1.807) is 6.20 Å². The zero-order chi connectivity index (χ0) is 17.9. The molecule has 1 saturated heterocycles. The standard InChI is InChI=1S/C17H16F3N5/c18-17(19,20)14-4-5-15(13(11-14)12-21)24-7-2-8-25(10-9-24)16-3-1-6-22-23-16/h1,3-6,11H,2,7-10H2. The Morgan fingerprint density at radius 2 is 1.80 bits per heavy atom. The van der Waals surface area contributed by atoms with Crippen molar-refractivity contribution in [3.63, 3.8) is 0 Å². The second-order valence-corrected chi connectivity index (χ2v) is 5.75. The third-order valence-corrected chi connectivity index (χ3v) is 4.16. The van der Waals surface area contributed by atoms with Gasteiger partial charge in [-0.2, -0.15) is 23.5 Å². The van der Waals surface area contributed by atoms with Crippen LogP contribution in [0.1, 0.15) is 17.5 Å². The molecule has 1 aliphatic heterocycles. The van der Waals surface area contributed by atoms with Gasteiger partial charge in [0.2, 0.25) is 0 Å². The Hall–Kier alpha value is -2.82. The van der Waals surface area contributed by atoms with E-state index in [4.69, 9.17) is 0 Å². The minimum Gasteiger partial charge on any atom is -0.369 e. The van der Waals surface area contributed by atoms with Gasteiger partial charge in [0.15, 0.2) is 5.82 Å². The van der Waals surface area contributed by atoms with E-state index in [2.05, 4.69) is 15.1 Å².